The van der Waals surface area contributed by atoms with Crippen LogP contribution in [0.15, 0.2) is 83.9 Å². The second-order valence-electron chi connectivity index (χ2n) is 5.78. The molecule has 0 saturated heterocycles. The van der Waals surface area contributed by atoms with Crippen LogP contribution < -0.4 is 10.2 Å². The van der Waals surface area contributed by atoms with Crippen molar-refractivity contribution >= 4 is 0 Å². The molecule has 0 N–H and O–H groups in total. The molecule has 0 radical (unpaired) electrons. The number of nitrogens with zero attached hydrogens (tertiary/aromatic N) is 4. The number of hydrogen-bond acceptors (Lipinski definition) is 4. The first-order valence-corrected chi connectivity index (χ1v) is 8.37. The Morgan fingerprint density at radius 3 is 2.46 bits per heavy atom. The van der Waals surface area contributed by atoms with Gasteiger partial charge in [0.2, 0.25) is 5.43 Å². The number of hydrogen-bond donors (Lipinski definition) is 0. The highest BCUT2D eigenvalue weighted by Gasteiger charge is 2.15. The molecule has 0 aliphatic heterocycles. The molecule has 2 aromatic carbocycles. The van der Waals surface area contributed by atoms with Crippen LogP contribution in [0.1, 0.15) is 0 Å². The van der Waals surface area contributed by atoms with E-state index in [1.54, 1.807) is 35.1 Å². The summed E-state index contributed by atoms with van der Waals surface area (Å²) in [7, 11) is 0. The van der Waals surface area contributed by atoms with Crippen molar-refractivity contribution in [3.05, 3.63) is 89.3 Å². The van der Waals surface area contributed by atoms with Gasteiger partial charge >= 0.3 is 6.61 Å². The van der Waals surface area contributed by atoms with Crippen molar-refractivity contribution in [1.29, 1.82) is 0 Å². The lowest BCUT2D eigenvalue weighted by molar-refractivity contribution is -0.0499. The van der Waals surface area contributed by atoms with Gasteiger partial charge < -0.3 is 4.74 Å². The average Bonchev–Trinajstić information content (AvgIpc) is 3.19. The number of alkyl halides is 2. The zero-order valence-corrected chi connectivity index (χ0v) is 14.4. The molecule has 8 heteroatoms. The summed E-state index contributed by atoms with van der Waals surface area (Å²) in [5.41, 5.74) is 1.35. The fraction of sp³-hybridized carbons (Fsp3) is 0.0500. The number of halogens is 2. The molecule has 0 atom stereocenters. The summed E-state index contributed by atoms with van der Waals surface area (Å²) in [4.78, 5) is 12.5. The van der Waals surface area contributed by atoms with Crippen molar-refractivity contribution in [3.8, 4) is 28.5 Å². The van der Waals surface area contributed by atoms with E-state index in [9.17, 15) is 13.6 Å². The average molecular weight is 380 g/mol. The number of benzene rings is 2. The summed E-state index contributed by atoms with van der Waals surface area (Å²) in [6, 6.07) is 18.5. The van der Waals surface area contributed by atoms with Crippen LogP contribution in [-0.2, 0) is 0 Å². The Balaban J connectivity index is 1.83. The molecule has 140 valence electrons. The fourth-order valence-corrected chi connectivity index (χ4v) is 2.82. The van der Waals surface area contributed by atoms with E-state index >= 15 is 0 Å². The third-order valence-corrected chi connectivity index (χ3v) is 4.02. The van der Waals surface area contributed by atoms with Crippen molar-refractivity contribution in [2.75, 3.05) is 0 Å². The summed E-state index contributed by atoms with van der Waals surface area (Å²) in [6.07, 6.45) is 2.97. The van der Waals surface area contributed by atoms with Crippen LogP contribution in [0.5, 0.6) is 5.75 Å². The van der Waals surface area contributed by atoms with Crippen molar-refractivity contribution in [1.82, 2.24) is 19.6 Å². The van der Waals surface area contributed by atoms with E-state index in [0.717, 1.165) is 5.69 Å². The minimum absolute atomic E-state index is 0.0452. The molecule has 0 aliphatic rings. The van der Waals surface area contributed by atoms with E-state index in [-0.39, 0.29) is 22.6 Å². The lowest BCUT2D eigenvalue weighted by atomic mass is 10.2. The number of ether oxygens (including phenoxy) is 1. The summed E-state index contributed by atoms with van der Waals surface area (Å²) in [5, 5.41) is 8.63. The first-order chi connectivity index (χ1) is 13.6. The van der Waals surface area contributed by atoms with Gasteiger partial charge in [-0.3, -0.25) is 4.79 Å². The van der Waals surface area contributed by atoms with Crippen LogP contribution in [-0.4, -0.2) is 26.2 Å². The normalized spacial score (nSPS) is 11.0. The van der Waals surface area contributed by atoms with Crippen LogP contribution in [0.3, 0.4) is 0 Å². The Bertz CT molecular complexity index is 1160. The van der Waals surface area contributed by atoms with Crippen LogP contribution in [0, 0.1) is 0 Å². The summed E-state index contributed by atoms with van der Waals surface area (Å²) < 4.78 is 32.9. The highest BCUT2D eigenvalue weighted by Crippen LogP contribution is 2.24. The molecule has 2 aromatic heterocycles. The van der Waals surface area contributed by atoms with Crippen LogP contribution in [0.4, 0.5) is 8.78 Å². The van der Waals surface area contributed by atoms with E-state index in [4.69, 9.17) is 0 Å². The highest BCUT2D eigenvalue weighted by atomic mass is 19.3. The Morgan fingerprint density at radius 1 is 0.929 bits per heavy atom. The van der Waals surface area contributed by atoms with Gasteiger partial charge in [0.1, 0.15) is 5.69 Å². The predicted octanol–water partition coefficient (Wildman–Crippen LogP) is 3.69. The van der Waals surface area contributed by atoms with E-state index in [1.807, 2.05) is 30.3 Å². The lowest BCUT2D eigenvalue weighted by Crippen LogP contribution is -2.15. The molecular formula is C20H14F2N4O2. The summed E-state index contributed by atoms with van der Waals surface area (Å²) in [6.45, 7) is -2.97. The molecule has 0 amide bonds. The number of rotatable bonds is 5. The lowest BCUT2D eigenvalue weighted by Gasteiger charge is -2.13. The predicted molar refractivity (Wildman–Crippen MR) is 99.0 cm³/mol. The maximum atomic E-state index is 12.7. The van der Waals surface area contributed by atoms with Crippen LogP contribution in [0.2, 0.25) is 0 Å². The first-order valence-electron chi connectivity index (χ1n) is 8.37. The van der Waals surface area contributed by atoms with Crippen LogP contribution >= 0.6 is 0 Å². The molecule has 4 rings (SSSR count). The van der Waals surface area contributed by atoms with Crippen molar-refractivity contribution in [3.63, 3.8) is 0 Å². The minimum Gasteiger partial charge on any atom is -0.433 e. The standard InChI is InChI=1S/C20H14F2N4O2/c21-20(22)28-18-9-5-4-8-15(18)25-13-11-17(27)19(24-25)16-10-12-23-26(16)14-6-2-1-3-7-14/h1-13,20H. The zero-order valence-electron chi connectivity index (χ0n) is 14.4. The molecule has 6 nitrogen and oxygen atoms in total. The van der Waals surface area contributed by atoms with Gasteiger partial charge in [0.25, 0.3) is 0 Å². The van der Waals surface area contributed by atoms with Gasteiger partial charge in [-0.15, -0.1) is 0 Å². The number of aromatic nitrogens is 4. The quantitative estimate of drug-likeness (QED) is 0.530. The zero-order chi connectivity index (χ0) is 19.5. The van der Waals surface area contributed by atoms with Gasteiger partial charge in [0, 0.05) is 12.3 Å². The fourth-order valence-electron chi connectivity index (χ4n) is 2.82. The van der Waals surface area contributed by atoms with Crippen molar-refractivity contribution in [2.24, 2.45) is 0 Å². The molecular weight excluding hydrogens is 366 g/mol. The first kappa shape index (κ1) is 17.6. The second-order valence-corrected chi connectivity index (χ2v) is 5.78. The van der Waals surface area contributed by atoms with Gasteiger partial charge in [-0.05, 0) is 30.3 Å². The van der Waals surface area contributed by atoms with Gasteiger partial charge in [-0.2, -0.15) is 19.0 Å². The summed E-state index contributed by atoms with van der Waals surface area (Å²) in [5.74, 6) is -0.0452. The Kier molecular flexibility index (Phi) is 4.67. The highest BCUT2D eigenvalue weighted by molar-refractivity contribution is 5.57. The van der Waals surface area contributed by atoms with E-state index in [2.05, 4.69) is 14.9 Å². The minimum atomic E-state index is -2.97. The third-order valence-electron chi connectivity index (χ3n) is 4.02. The maximum Gasteiger partial charge on any atom is 0.387 e. The van der Waals surface area contributed by atoms with Crippen molar-refractivity contribution < 1.29 is 13.5 Å². The van der Waals surface area contributed by atoms with Gasteiger partial charge in [0.05, 0.1) is 17.6 Å². The molecule has 0 aliphatic carbocycles. The van der Waals surface area contributed by atoms with Gasteiger partial charge in [0.15, 0.2) is 11.4 Å². The van der Waals surface area contributed by atoms with E-state index in [1.165, 1.54) is 23.0 Å². The summed E-state index contributed by atoms with van der Waals surface area (Å²) >= 11 is 0. The topological polar surface area (TPSA) is 61.9 Å². The molecule has 0 spiro atoms. The molecule has 0 saturated carbocycles. The SMILES string of the molecule is O=c1ccn(-c2ccccc2OC(F)F)nc1-c1ccnn1-c1ccccc1. The maximum absolute atomic E-state index is 12.7. The number of para-hydroxylation sites is 3. The molecule has 0 bridgehead atoms. The molecule has 4 aromatic rings. The smallest absolute Gasteiger partial charge is 0.387 e. The Morgan fingerprint density at radius 2 is 1.68 bits per heavy atom. The van der Waals surface area contributed by atoms with E-state index in [0.29, 0.717) is 5.69 Å². The molecule has 2 heterocycles. The third kappa shape index (κ3) is 3.39. The monoisotopic (exact) mass is 380 g/mol. The molecule has 28 heavy (non-hydrogen) atoms. The Labute approximate surface area is 158 Å². The molecule has 0 fully saturated rings. The molecule has 0 unspecified atom stereocenters. The van der Waals surface area contributed by atoms with Crippen LogP contribution in [0.25, 0.3) is 22.8 Å². The van der Waals surface area contributed by atoms with Gasteiger partial charge in [-0.25, -0.2) is 9.36 Å². The largest absolute Gasteiger partial charge is 0.433 e. The van der Waals surface area contributed by atoms with Gasteiger partial charge in [-0.1, -0.05) is 30.3 Å². The second kappa shape index (κ2) is 7.43. The van der Waals surface area contributed by atoms with Crippen molar-refractivity contribution in [2.45, 2.75) is 6.61 Å². The Hall–Kier alpha value is -3.81. The van der Waals surface area contributed by atoms with E-state index < -0.39 is 6.61 Å².